The van der Waals surface area contributed by atoms with Crippen LogP contribution < -0.4 is 5.32 Å². The highest BCUT2D eigenvalue weighted by Gasteiger charge is 2.23. The number of nitrogens with zero attached hydrogens (tertiary/aromatic N) is 1. The van der Waals surface area contributed by atoms with Crippen LogP contribution in [0.15, 0.2) is 18.2 Å². The maximum atomic E-state index is 12.2. The number of hydrogen-bond donors (Lipinski definition) is 1. The van der Waals surface area contributed by atoms with Gasteiger partial charge in [-0.25, -0.2) is 0 Å². The summed E-state index contributed by atoms with van der Waals surface area (Å²) in [6.07, 6.45) is 1.94. The van der Waals surface area contributed by atoms with Gasteiger partial charge in [-0.15, -0.1) is 0 Å². The van der Waals surface area contributed by atoms with Crippen LogP contribution in [-0.2, 0) is 0 Å². The molecule has 0 unspecified atom stereocenters. The summed E-state index contributed by atoms with van der Waals surface area (Å²) in [4.78, 5) is 22.5. The second kappa shape index (κ2) is 7.75. The minimum absolute atomic E-state index is 0.0104. The highest BCUT2D eigenvalue weighted by atomic mass is 79.9. The Balaban J connectivity index is 2.80. The van der Waals surface area contributed by atoms with E-state index in [2.05, 4.69) is 21.2 Å². The van der Waals surface area contributed by atoms with E-state index < -0.39 is 10.8 Å². The van der Waals surface area contributed by atoms with Gasteiger partial charge in [-0.1, -0.05) is 41.4 Å². The van der Waals surface area contributed by atoms with Gasteiger partial charge in [0.15, 0.2) is 0 Å². The molecule has 0 saturated heterocycles. The summed E-state index contributed by atoms with van der Waals surface area (Å²) in [5.41, 5.74) is -0.324. The fourth-order valence-electron chi connectivity index (χ4n) is 1.90. The topological polar surface area (TPSA) is 72.2 Å². The molecular formula is C14H18BrClN2O3. The monoisotopic (exact) mass is 376 g/mol. The Hall–Kier alpha value is -1.14. The lowest BCUT2D eigenvalue weighted by atomic mass is 9.88. The Morgan fingerprint density at radius 1 is 1.48 bits per heavy atom. The van der Waals surface area contributed by atoms with E-state index in [0.29, 0.717) is 11.6 Å². The molecule has 0 aromatic heterocycles. The fraction of sp³-hybridized carbons (Fsp3) is 0.500. The van der Waals surface area contributed by atoms with Gasteiger partial charge in [0.25, 0.3) is 11.6 Å². The van der Waals surface area contributed by atoms with E-state index >= 15 is 0 Å². The van der Waals surface area contributed by atoms with Crippen molar-refractivity contribution in [3.05, 3.63) is 38.9 Å². The zero-order chi connectivity index (χ0) is 16.0. The normalized spacial score (nSPS) is 11.2. The van der Waals surface area contributed by atoms with Crippen LogP contribution in [0.5, 0.6) is 0 Å². The molecule has 0 heterocycles. The van der Waals surface area contributed by atoms with Crippen molar-refractivity contribution in [2.75, 3.05) is 11.9 Å². The van der Waals surface area contributed by atoms with Gasteiger partial charge in [0.2, 0.25) is 0 Å². The van der Waals surface area contributed by atoms with Crippen molar-refractivity contribution in [2.24, 2.45) is 5.41 Å². The van der Waals surface area contributed by atoms with Gasteiger partial charge in [0.1, 0.15) is 5.56 Å². The number of carbonyl (C=O) groups excluding carboxylic acids is 1. The zero-order valence-electron chi connectivity index (χ0n) is 12.0. The lowest BCUT2D eigenvalue weighted by Crippen LogP contribution is -2.34. The van der Waals surface area contributed by atoms with Gasteiger partial charge in [-0.2, -0.15) is 0 Å². The highest BCUT2D eigenvalue weighted by molar-refractivity contribution is 9.09. The number of carbonyl (C=O) groups is 1. The van der Waals surface area contributed by atoms with Crippen molar-refractivity contribution >= 4 is 39.1 Å². The van der Waals surface area contributed by atoms with Gasteiger partial charge in [-0.3, -0.25) is 14.9 Å². The average Bonchev–Trinajstić information content (AvgIpc) is 2.42. The number of alkyl halides is 1. The average molecular weight is 378 g/mol. The summed E-state index contributed by atoms with van der Waals surface area (Å²) < 4.78 is 0. The fourth-order valence-corrected chi connectivity index (χ4v) is 2.35. The molecule has 1 rings (SSSR count). The smallest absolute Gasteiger partial charge is 0.282 e. The standard InChI is InChI=1S/C14H18BrClN2O3/c1-14(2,6-3-7-15)9-17-13(19)11-8-10(16)4-5-12(11)18(20)21/h4-5,8H,3,6-7,9H2,1-2H3,(H,17,19). The van der Waals surface area contributed by atoms with E-state index in [9.17, 15) is 14.9 Å². The summed E-state index contributed by atoms with van der Waals surface area (Å²) >= 11 is 9.19. The van der Waals surface area contributed by atoms with E-state index in [1.807, 2.05) is 13.8 Å². The van der Waals surface area contributed by atoms with Crippen molar-refractivity contribution in [2.45, 2.75) is 26.7 Å². The van der Waals surface area contributed by atoms with Crippen LogP contribution in [0.1, 0.15) is 37.0 Å². The number of halogens is 2. The van der Waals surface area contributed by atoms with Crippen molar-refractivity contribution in [3.63, 3.8) is 0 Å². The van der Waals surface area contributed by atoms with E-state index in [4.69, 9.17) is 11.6 Å². The van der Waals surface area contributed by atoms with Crippen LogP contribution in [-0.4, -0.2) is 22.7 Å². The summed E-state index contributed by atoms with van der Waals surface area (Å²) in [6.45, 7) is 4.53. The predicted molar refractivity (Wildman–Crippen MR) is 87.2 cm³/mol. The largest absolute Gasteiger partial charge is 0.351 e. The lowest BCUT2D eigenvalue weighted by Gasteiger charge is -2.24. The Labute approximate surface area is 137 Å². The van der Waals surface area contributed by atoms with E-state index in [-0.39, 0.29) is 16.7 Å². The van der Waals surface area contributed by atoms with E-state index in [1.54, 1.807) is 0 Å². The SMILES string of the molecule is CC(C)(CCCBr)CNC(=O)c1cc(Cl)ccc1[N+](=O)[O-]. The van der Waals surface area contributed by atoms with Gasteiger partial charge >= 0.3 is 0 Å². The number of hydrogen-bond acceptors (Lipinski definition) is 3. The number of nitro benzene ring substituents is 1. The molecular weight excluding hydrogens is 360 g/mol. The Kier molecular flexibility index (Phi) is 6.61. The molecule has 0 radical (unpaired) electrons. The molecule has 0 aliphatic heterocycles. The number of rotatable bonds is 7. The number of amides is 1. The zero-order valence-corrected chi connectivity index (χ0v) is 14.3. The van der Waals surface area contributed by atoms with Crippen LogP contribution >= 0.6 is 27.5 Å². The molecule has 1 aromatic rings. The van der Waals surface area contributed by atoms with Crippen molar-refractivity contribution in [1.29, 1.82) is 0 Å². The lowest BCUT2D eigenvalue weighted by molar-refractivity contribution is -0.385. The third-order valence-electron chi connectivity index (χ3n) is 3.11. The Morgan fingerprint density at radius 3 is 2.71 bits per heavy atom. The molecule has 1 amide bonds. The molecule has 0 aliphatic rings. The van der Waals surface area contributed by atoms with Crippen LogP contribution in [0.2, 0.25) is 5.02 Å². The molecule has 21 heavy (non-hydrogen) atoms. The number of benzene rings is 1. The third-order valence-corrected chi connectivity index (χ3v) is 3.91. The Bertz CT molecular complexity index is 535. The minimum atomic E-state index is -0.582. The third kappa shape index (κ3) is 5.63. The second-order valence-corrected chi connectivity index (χ2v) is 6.79. The van der Waals surface area contributed by atoms with E-state index in [1.165, 1.54) is 18.2 Å². The van der Waals surface area contributed by atoms with Crippen LogP contribution in [0.4, 0.5) is 5.69 Å². The van der Waals surface area contributed by atoms with Crippen molar-refractivity contribution in [1.82, 2.24) is 5.32 Å². The number of nitro groups is 1. The summed E-state index contributed by atoms with van der Waals surface area (Å²) in [5.74, 6) is -0.476. The predicted octanol–water partition coefficient (Wildman–Crippen LogP) is 4.18. The van der Waals surface area contributed by atoms with Crippen molar-refractivity contribution < 1.29 is 9.72 Å². The molecule has 5 nitrogen and oxygen atoms in total. The quantitative estimate of drug-likeness (QED) is 0.440. The highest BCUT2D eigenvalue weighted by Crippen LogP contribution is 2.24. The van der Waals surface area contributed by atoms with E-state index in [0.717, 1.165) is 18.2 Å². The van der Waals surface area contributed by atoms with Crippen LogP contribution in [0, 0.1) is 15.5 Å². The number of nitrogens with one attached hydrogen (secondary N) is 1. The summed E-state index contributed by atoms with van der Waals surface area (Å²) in [7, 11) is 0. The van der Waals surface area contributed by atoms with Crippen molar-refractivity contribution in [3.8, 4) is 0 Å². The maximum Gasteiger partial charge on any atom is 0.282 e. The van der Waals surface area contributed by atoms with Gasteiger partial charge in [-0.05, 0) is 30.4 Å². The molecule has 0 saturated carbocycles. The Morgan fingerprint density at radius 2 is 2.14 bits per heavy atom. The molecule has 116 valence electrons. The molecule has 0 atom stereocenters. The first-order chi connectivity index (χ1) is 9.76. The molecule has 0 bridgehead atoms. The van der Waals surface area contributed by atoms with Gasteiger partial charge in [0, 0.05) is 23.0 Å². The molecule has 7 heteroatoms. The molecule has 0 spiro atoms. The first kappa shape index (κ1) is 17.9. The van der Waals surface area contributed by atoms with Crippen LogP contribution in [0.25, 0.3) is 0 Å². The van der Waals surface area contributed by atoms with Gasteiger partial charge < -0.3 is 5.32 Å². The van der Waals surface area contributed by atoms with Gasteiger partial charge in [0.05, 0.1) is 4.92 Å². The first-order valence-electron chi connectivity index (χ1n) is 6.55. The first-order valence-corrected chi connectivity index (χ1v) is 8.05. The summed E-state index contributed by atoms with van der Waals surface area (Å²) in [6, 6.07) is 3.96. The maximum absolute atomic E-state index is 12.2. The molecule has 0 aliphatic carbocycles. The van der Waals surface area contributed by atoms with Crippen LogP contribution in [0.3, 0.4) is 0 Å². The molecule has 0 fully saturated rings. The minimum Gasteiger partial charge on any atom is -0.351 e. The second-order valence-electron chi connectivity index (χ2n) is 5.56. The molecule has 1 aromatic carbocycles. The summed E-state index contributed by atoms with van der Waals surface area (Å²) in [5, 5.41) is 14.9. The molecule has 1 N–H and O–H groups in total.